The third-order valence-electron chi connectivity index (χ3n) is 4.25. The summed E-state index contributed by atoms with van der Waals surface area (Å²) in [5, 5.41) is 5.98. The molecule has 0 atom stereocenters. The van der Waals surface area contributed by atoms with Gasteiger partial charge in [-0.25, -0.2) is 9.78 Å². The Labute approximate surface area is 169 Å². The summed E-state index contributed by atoms with van der Waals surface area (Å²) >= 11 is 0. The summed E-state index contributed by atoms with van der Waals surface area (Å²) in [6.07, 6.45) is 1.51. The highest BCUT2D eigenvalue weighted by atomic mass is 16.5. The number of hydrogen-bond acceptors (Lipinski definition) is 6. The first-order chi connectivity index (χ1) is 14.0. The normalized spacial score (nSPS) is 10.2. The second-order valence-corrected chi connectivity index (χ2v) is 6.52. The van der Waals surface area contributed by atoms with Gasteiger partial charge in [-0.15, -0.1) is 0 Å². The van der Waals surface area contributed by atoms with Crippen LogP contribution in [0.25, 0.3) is 0 Å². The van der Waals surface area contributed by atoms with Crippen LogP contribution in [0.1, 0.15) is 20.7 Å². The summed E-state index contributed by atoms with van der Waals surface area (Å²) in [4.78, 5) is 30.1. The van der Waals surface area contributed by atoms with Gasteiger partial charge < -0.3 is 20.3 Å². The average molecular weight is 390 g/mol. The van der Waals surface area contributed by atoms with Crippen LogP contribution in [-0.2, 0) is 4.74 Å². The van der Waals surface area contributed by atoms with Crippen molar-refractivity contribution in [1.29, 1.82) is 0 Å². The Hall–Kier alpha value is -3.87. The monoisotopic (exact) mass is 390 g/mol. The molecule has 0 aliphatic heterocycles. The zero-order valence-electron chi connectivity index (χ0n) is 16.5. The molecule has 3 aromatic rings. The molecule has 29 heavy (non-hydrogen) atoms. The Morgan fingerprint density at radius 2 is 1.48 bits per heavy atom. The molecule has 0 spiro atoms. The first-order valence-electron chi connectivity index (χ1n) is 8.96. The van der Waals surface area contributed by atoms with Crippen molar-refractivity contribution in [3.05, 3.63) is 78.0 Å². The molecule has 0 radical (unpaired) electrons. The molecule has 7 nitrogen and oxygen atoms in total. The van der Waals surface area contributed by atoms with Crippen molar-refractivity contribution in [3.63, 3.8) is 0 Å². The van der Waals surface area contributed by atoms with Crippen LogP contribution in [0, 0.1) is 0 Å². The van der Waals surface area contributed by atoms with Crippen LogP contribution < -0.4 is 15.5 Å². The number of ether oxygens (including phenoxy) is 1. The van der Waals surface area contributed by atoms with E-state index in [-0.39, 0.29) is 11.9 Å². The summed E-state index contributed by atoms with van der Waals surface area (Å²) in [5.74, 6) is -0.0341. The van der Waals surface area contributed by atoms with Gasteiger partial charge in [-0.3, -0.25) is 4.79 Å². The van der Waals surface area contributed by atoms with Crippen molar-refractivity contribution in [2.75, 3.05) is 36.7 Å². The van der Waals surface area contributed by atoms with Gasteiger partial charge in [-0.1, -0.05) is 0 Å². The number of nitrogens with zero attached hydrogens (tertiary/aromatic N) is 2. The number of carbonyl (C=O) groups excluding carboxylic acids is 2. The Morgan fingerprint density at radius 1 is 0.862 bits per heavy atom. The summed E-state index contributed by atoms with van der Waals surface area (Å²) < 4.78 is 4.68. The quantitative estimate of drug-likeness (QED) is 0.621. The minimum atomic E-state index is -0.388. The Balaban J connectivity index is 1.61. The number of hydrogen-bond donors (Lipinski definition) is 2. The van der Waals surface area contributed by atoms with Gasteiger partial charge in [-0.05, 0) is 60.7 Å². The predicted octanol–water partition coefficient (Wildman–Crippen LogP) is 3.93. The minimum absolute atomic E-state index is 0.232. The number of amides is 1. The van der Waals surface area contributed by atoms with Crippen LogP contribution in [0.2, 0.25) is 0 Å². The second kappa shape index (κ2) is 8.88. The van der Waals surface area contributed by atoms with Crippen LogP contribution in [0.3, 0.4) is 0 Å². The molecule has 0 saturated carbocycles. The maximum atomic E-state index is 12.4. The van der Waals surface area contributed by atoms with E-state index in [0.29, 0.717) is 22.6 Å². The highest BCUT2D eigenvalue weighted by molar-refractivity contribution is 6.04. The number of anilines is 4. The molecule has 3 rings (SSSR count). The second-order valence-electron chi connectivity index (χ2n) is 6.52. The molecule has 148 valence electrons. The number of nitrogens with one attached hydrogen (secondary N) is 2. The largest absolute Gasteiger partial charge is 0.465 e. The SMILES string of the molecule is COC(=O)c1ccc(Nc2ccc(C(=O)Nc3ccc(N(C)C)cc3)cn2)cc1. The molecule has 0 saturated heterocycles. The first kappa shape index (κ1) is 19.9. The lowest BCUT2D eigenvalue weighted by Gasteiger charge is -2.13. The smallest absolute Gasteiger partial charge is 0.337 e. The average Bonchev–Trinajstić information content (AvgIpc) is 2.74. The van der Waals surface area contributed by atoms with E-state index in [4.69, 9.17) is 0 Å². The van der Waals surface area contributed by atoms with Gasteiger partial charge in [0.15, 0.2) is 0 Å². The molecule has 2 aromatic carbocycles. The highest BCUT2D eigenvalue weighted by Gasteiger charge is 2.08. The van der Waals surface area contributed by atoms with E-state index in [0.717, 1.165) is 11.4 Å². The maximum Gasteiger partial charge on any atom is 0.337 e. The Kier molecular flexibility index (Phi) is 6.09. The number of aromatic nitrogens is 1. The zero-order valence-corrected chi connectivity index (χ0v) is 16.5. The lowest BCUT2D eigenvalue weighted by Crippen LogP contribution is -2.13. The molecule has 1 heterocycles. The van der Waals surface area contributed by atoms with Crippen LogP contribution in [0.5, 0.6) is 0 Å². The van der Waals surface area contributed by atoms with E-state index in [1.165, 1.54) is 13.3 Å². The Bertz CT molecular complexity index is 982. The molecule has 0 unspecified atom stereocenters. The molecule has 0 bridgehead atoms. The molecule has 2 N–H and O–H groups in total. The van der Waals surface area contributed by atoms with Crippen LogP contribution in [0.15, 0.2) is 66.9 Å². The lowest BCUT2D eigenvalue weighted by molar-refractivity contribution is 0.0600. The van der Waals surface area contributed by atoms with E-state index < -0.39 is 0 Å². The maximum absolute atomic E-state index is 12.4. The van der Waals surface area contributed by atoms with Gasteiger partial charge in [0, 0.05) is 37.4 Å². The third-order valence-corrected chi connectivity index (χ3v) is 4.25. The first-order valence-corrected chi connectivity index (χ1v) is 8.96. The third kappa shape index (κ3) is 5.10. The number of rotatable bonds is 6. The van der Waals surface area contributed by atoms with Crippen molar-refractivity contribution < 1.29 is 14.3 Å². The predicted molar refractivity (Wildman–Crippen MR) is 114 cm³/mol. The zero-order chi connectivity index (χ0) is 20.8. The lowest BCUT2D eigenvalue weighted by atomic mass is 10.2. The fourth-order valence-corrected chi connectivity index (χ4v) is 2.60. The molecule has 1 amide bonds. The molecule has 0 fully saturated rings. The van der Waals surface area contributed by atoms with Crippen LogP contribution in [-0.4, -0.2) is 38.1 Å². The van der Waals surface area contributed by atoms with Crippen molar-refractivity contribution in [2.24, 2.45) is 0 Å². The molecule has 1 aromatic heterocycles. The van der Waals surface area contributed by atoms with E-state index in [1.54, 1.807) is 36.4 Å². The number of carbonyl (C=O) groups is 2. The Morgan fingerprint density at radius 3 is 2.03 bits per heavy atom. The van der Waals surface area contributed by atoms with E-state index in [9.17, 15) is 9.59 Å². The van der Waals surface area contributed by atoms with Crippen LogP contribution >= 0.6 is 0 Å². The summed E-state index contributed by atoms with van der Waals surface area (Å²) in [7, 11) is 5.26. The molecular formula is C22H22N4O3. The van der Waals surface area contributed by atoms with Crippen LogP contribution in [0.4, 0.5) is 22.9 Å². The van der Waals surface area contributed by atoms with E-state index in [1.807, 2.05) is 43.3 Å². The number of benzene rings is 2. The van der Waals surface area contributed by atoms with Crippen molar-refractivity contribution >= 4 is 34.8 Å². The van der Waals surface area contributed by atoms with Gasteiger partial charge in [-0.2, -0.15) is 0 Å². The molecule has 0 aliphatic rings. The van der Waals surface area contributed by atoms with Crippen molar-refractivity contribution in [2.45, 2.75) is 0 Å². The van der Waals surface area contributed by atoms with Gasteiger partial charge in [0.25, 0.3) is 5.91 Å². The minimum Gasteiger partial charge on any atom is -0.465 e. The highest BCUT2D eigenvalue weighted by Crippen LogP contribution is 2.18. The van der Waals surface area contributed by atoms with Gasteiger partial charge >= 0.3 is 5.97 Å². The van der Waals surface area contributed by atoms with E-state index in [2.05, 4.69) is 20.4 Å². The number of pyridine rings is 1. The number of methoxy groups -OCH3 is 1. The van der Waals surface area contributed by atoms with Gasteiger partial charge in [0.05, 0.1) is 18.2 Å². The summed E-state index contributed by atoms with van der Waals surface area (Å²) in [6, 6.07) is 17.8. The molecule has 7 heteroatoms. The van der Waals surface area contributed by atoms with Crippen molar-refractivity contribution in [1.82, 2.24) is 4.98 Å². The fourth-order valence-electron chi connectivity index (χ4n) is 2.60. The summed E-state index contributed by atoms with van der Waals surface area (Å²) in [5.41, 5.74) is 3.46. The van der Waals surface area contributed by atoms with Gasteiger partial charge in [0.2, 0.25) is 0 Å². The summed E-state index contributed by atoms with van der Waals surface area (Å²) in [6.45, 7) is 0. The fraction of sp³-hybridized carbons (Fsp3) is 0.136. The van der Waals surface area contributed by atoms with E-state index >= 15 is 0 Å². The van der Waals surface area contributed by atoms with Gasteiger partial charge in [0.1, 0.15) is 5.82 Å². The molecular weight excluding hydrogens is 368 g/mol. The van der Waals surface area contributed by atoms with Crippen molar-refractivity contribution in [3.8, 4) is 0 Å². The molecule has 0 aliphatic carbocycles. The topological polar surface area (TPSA) is 83.6 Å². The standard InChI is InChI=1S/C22H22N4O3/c1-26(2)19-11-9-18(10-12-19)25-21(27)16-6-13-20(23-14-16)24-17-7-4-15(5-8-17)22(28)29-3/h4-14H,1-3H3,(H,23,24)(H,25,27). The number of esters is 1.